The number of hydrogen-bond donors (Lipinski definition) is 0. The molecule has 0 bridgehead atoms. The second kappa shape index (κ2) is 10.8. The van der Waals surface area contributed by atoms with Gasteiger partial charge in [-0.05, 0) is 64.3 Å². The van der Waals surface area contributed by atoms with Crippen LogP contribution in [0.4, 0.5) is 0 Å². The highest BCUT2D eigenvalue weighted by molar-refractivity contribution is 9.10. The van der Waals surface area contributed by atoms with Gasteiger partial charge in [0.15, 0.2) is 5.78 Å². The Bertz CT molecular complexity index is 1310. The molecule has 2 heterocycles. The predicted octanol–water partition coefficient (Wildman–Crippen LogP) is 7.50. The SMILES string of the molecule is CCCc1sc(C(=O)/C=C/c2ccc(OC)c(COc3cccc4cccnc34)c2)cc1Br. The standard InChI is InChI=1S/C27H24BrNO3S/c1-3-6-25-21(28)16-26(33-25)22(30)12-10-18-11-13-23(31-2)20(15-18)17-32-24-9-4-7-19-8-5-14-29-27(19)24/h4-5,7-16H,3,6,17H2,1-2H3/b12-10+. The first-order valence-electron chi connectivity index (χ1n) is 10.7. The highest BCUT2D eigenvalue weighted by Crippen LogP contribution is 2.30. The average Bonchev–Trinajstić information content (AvgIpc) is 3.21. The number of carbonyl (C=O) groups is 1. The van der Waals surface area contributed by atoms with Gasteiger partial charge in [0.25, 0.3) is 0 Å². The lowest BCUT2D eigenvalue weighted by Crippen LogP contribution is -2.00. The number of nitrogens with zero attached hydrogens (tertiary/aromatic N) is 1. The molecule has 0 amide bonds. The number of carbonyl (C=O) groups excluding carboxylic acids is 1. The molecule has 6 heteroatoms. The molecule has 0 saturated carbocycles. The van der Waals surface area contributed by atoms with E-state index in [0.29, 0.717) is 6.61 Å². The van der Waals surface area contributed by atoms with Crippen molar-refractivity contribution in [1.82, 2.24) is 4.98 Å². The molecule has 0 fully saturated rings. The van der Waals surface area contributed by atoms with Crippen molar-refractivity contribution in [2.24, 2.45) is 0 Å². The van der Waals surface area contributed by atoms with Crippen molar-refractivity contribution in [3.63, 3.8) is 0 Å². The molecule has 0 unspecified atom stereocenters. The van der Waals surface area contributed by atoms with Gasteiger partial charge < -0.3 is 9.47 Å². The topological polar surface area (TPSA) is 48.4 Å². The van der Waals surface area contributed by atoms with E-state index in [0.717, 1.165) is 55.7 Å². The number of hydrogen-bond acceptors (Lipinski definition) is 5. The van der Waals surface area contributed by atoms with Crippen LogP contribution in [0.1, 0.15) is 39.0 Å². The Labute approximate surface area is 206 Å². The summed E-state index contributed by atoms with van der Waals surface area (Å²) in [5.41, 5.74) is 2.62. The molecule has 0 atom stereocenters. The second-order valence-corrected chi connectivity index (χ2v) is 9.51. The molecule has 4 rings (SSSR count). The number of pyridine rings is 1. The average molecular weight is 522 g/mol. The van der Waals surface area contributed by atoms with E-state index in [1.54, 1.807) is 30.7 Å². The van der Waals surface area contributed by atoms with Crippen molar-refractivity contribution in [3.8, 4) is 11.5 Å². The van der Waals surface area contributed by atoms with Crippen LogP contribution in [0.15, 0.2) is 71.3 Å². The number of aryl methyl sites for hydroxylation is 1. The van der Waals surface area contributed by atoms with Crippen LogP contribution < -0.4 is 9.47 Å². The van der Waals surface area contributed by atoms with Crippen LogP contribution in [-0.2, 0) is 13.0 Å². The van der Waals surface area contributed by atoms with Crippen LogP contribution in [0.2, 0.25) is 0 Å². The van der Waals surface area contributed by atoms with Gasteiger partial charge in [-0.1, -0.05) is 43.7 Å². The molecule has 0 spiro atoms. The summed E-state index contributed by atoms with van der Waals surface area (Å²) in [6, 6.07) is 17.5. The van der Waals surface area contributed by atoms with Crippen LogP contribution in [0.3, 0.4) is 0 Å². The highest BCUT2D eigenvalue weighted by Gasteiger charge is 2.11. The van der Waals surface area contributed by atoms with Gasteiger partial charge in [0, 0.05) is 26.5 Å². The lowest BCUT2D eigenvalue weighted by atomic mass is 10.1. The molecule has 4 nitrogen and oxygen atoms in total. The normalized spacial score (nSPS) is 11.2. The van der Waals surface area contributed by atoms with Crippen molar-refractivity contribution < 1.29 is 14.3 Å². The number of benzene rings is 2. The van der Waals surface area contributed by atoms with Crippen LogP contribution in [-0.4, -0.2) is 17.9 Å². The summed E-state index contributed by atoms with van der Waals surface area (Å²) in [5, 5.41) is 1.03. The minimum Gasteiger partial charge on any atom is -0.496 e. The third kappa shape index (κ3) is 5.52. The molecule has 2 aromatic heterocycles. The summed E-state index contributed by atoms with van der Waals surface area (Å²) in [4.78, 5) is 19.1. The minimum absolute atomic E-state index is 0.00139. The number of halogens is 1. The number of ketones is 1. The molecule has 0 N–H and O–H groups in total. The number of thiophene rings is 1. The number of allylic oxidation sites excluding steroid dienone is 1. The first-order valence-corrected chi connectivity index (χ1v) is 12.3. The van der Waals surface area contributed by atoms with Crippen molar-refractivity contribution in [2.75, 3.05) is 7.11 Å². The molecule has 4 aromatic rings. The number of ether oxygens (including phenoxy) is 2. The Morgan fingerprint density at radius 1 is 1.12 bits per heavy atom. The zero-order valence-electron chi connectivity index (χ0n) is 18.5. The van der Waals surface area contributed by atoms with Crippen LogP contribution >= 0.6 is 27.3 Å². The first-order chi connectivity index (χ1) is 16.1. The van der Waals surface area contributed by atoms with E-state index in [2.05, 4.69) is 27.8 Å². The maximum absolute atomic E-state index is 12.7. The van der Waals surface area contributed by atoms with Crippen molar-refractivity contribution in [1.29, 1.82) is 0 Å². The maximum atomic E-state index is 12.7. The summed E-state index contributed by atoms with van der Waals surface area (Å²) in [5.74, 6) is 1.45. The highest BCUT2D eigenvalue weighted by atomic mass is 79.9. The van der Waals surface area contributed by atoms with E-state index in [9.17, 15) is 4.79 Å². The molecule has 2 aromatic carbocycles. The third-order valence-electron chi connectivity index (χ3n) is 5.19. The molecular formula is C27H24BrNO3S. The summed E-state index contributed by atoms with van der Waals surface area (Å²) >= 11 is 5.11. The van der Waals surface area contributed by atoms with Gasteiger partial charge in [-0.25, -0.2) is 0 Å². The summed E-state index contributed by atoms with van der Waals surface area (Å²) < 4.78 is 12.6. The Morgan fingerprint density at radius 3 is 2.79 bits per heavy atom. The van der Waals surface area contributed by atoms with E-state index < -0.39 is 0 Å². The number of fused-ring (bicyclic) bond motifs is 1. The third-order valence-corrected chi connectivity index (χ3v) is 7.37. The van der Waals surface area contributed by atoms with Crippen LogP contribution in [0.5, 0.6) is 11.5 Å². The van der Waals surface area contributed by atoms with Gasteiger partial charge in [-0.15, -0.1) is 11.3 Å². The zero-order valence-corrected chi connectivity index (χ0v) is 20.9. The van der Waals surface area contributed by atoms with Gasteiger partial charge in [-0.3, -0.25) is 9.78 Å². The minimum atomic E-state index is -0.00139. The second-order valence-electron chi connectivity index (χ2n) is 7.52. The van der Waals surface area contributed by atoms with Crippen LogP contribution in [0, 0.1) is 0 Å². The summed E-state index contributed by atoms with van der Waals surface area (Å²) in [7, 11) is 1.64. The zero-order chi connectivity index (χ0) is 23.2. The fourth-order valence-corrected chi connectivity index (χ4v) is 5.44. The smallest absolute Gasteiger partial charge is 0.195 e. The number of rotatable bonds is 9. The number of para-hydroxylation sites is 1. The molecule has 0 saturated heterocycles. The molecule has 33 heavy (non-hydrogen) atoms. The molecule has 168 valence electrons. The van der Waals surface area contributed by atoms with Crippen molar-refractivity contribution in [2.45, 2.75) is 26.4 Å². The molecule has 0 radical (unpaired) electrons. The maximum Gasteiger partial charge on any atom is 0.195 e. The van der Waals surface area contributed by atoms with Gasteiger partial charge in [0.2, 0.25) is 0 Å². The van der Waals surface area contributed by atoms with E-state index in [1.807, 2.05) is 60.7 Å². The molecule has 0 aliphatic heterocycles. The summed E-state index contributed by atoms with van der Waals surface area (Å²) in [6.07, 6.45) is 7.23. The quantitative estimate of drug-likeness (QED) is 0.169. The Kier molecular flexibility index (Phi) is 7.57. The van der Waals surface area contributed by atoms with E-state index in [-0.39, 0.29) is 5.78 Å². The largest absolute Gasteiger partial charge is 0.496 e. The van der Waals surface area contributed by atoms with E-state index in [4.69, 9.17) is 9.47 Å². The lowest BCUT2D eigenvalue weighted by molar-refractivity contribution is 0.105. The van der Waals surface area contributed by atoms with Gasteiger partial charge in [0.1, 0.15) is 23.6 Å². The monoisotopic (exact) mass is 521 g/mol. The van der Waals surface area contributed by atoms with E-state index in [1.165, 1.54) is 4.88 Å². The Balaban J connectivity index is 1.51. The van der Waals surface area contributed by atoms with Crippen molar-refractivity contribution in [3.05, 3.63) is 92.2 Å². The van der Waals surface area contributed by atoms with Gasteiger partial charge in [0.05, 0.1) is 12.0 Å². The first kappa shape index (κ1) is 23.2. The number of aromatic nitrogens is 1. The summed E-state index contributed by atoms with van der Waals surface area (Å²) in [6.45, 7) is 2.46. The Hall–Kier alpha value is -2.96. The van der Waals surface area contributed by atoms with Crippen LogP contribution in [0.25, 0.3) is 17.0 Å². The van der Waals surface area contributed by atoms with Crippen molar-refractivity contribution >= 4 is 50.0 Å². The number of methoxy groups -OCH3 is 1. The lowest BCUT2D eigenvalue weighted by Gasteiger charge is -2.12. The Morgan fingerprint density at radius 2 is 1.97 bits per heavy atom. The molecule has 0 aliphatic rings. The predicted molar refractivity (Wildman–Crippen MR) is 138 cm³/mol. The molecular weight excluding hydrogens is 498 g/mol. The molecule has 0 aliphatic carbocycles. The van der Waals surface area contributed by atoms with E-state index >= 15 is 0 Å². The fraction of sp³-hybridized carbons (Fsp3) is 0.185. The van der Waals surface area contributed by atoms with Gasteiger partial charge >= 0.3 is 0 Å². The fourth-order valence-electron chi connectivity index (χ4n) is 3.54. The van der Waals surface area contributed by atoms with Gasteiger partial charge in [-0.2, -0.15) is 0 Å².